The van der Waals surface area contributed by atoms with E-state index in [-0.39, 0.29) is 0 Å². The lowest BCUT2D eigenvalue weighted by Gasteiger charge is -2.03. The zero-order valence-electron chi connectivity index (χ0n) is 5.89. The molecule has 0 aliphatic heterocycles. The average Bonchev–Trinajstić information content (AvgIpc) is 2.13. The van der Waals surface area contributed by atoms with Crippen molar-refractivity contribution in [1.82, 2.24) is 0 Å². The molecule has 0 unspecified atom stereocenters. The van der Waals surface area contributed by atoms with Gasteiger partial charge in [-0.1, -0.05) is 19.2 Å². The number of aliphatic hydroxyl groups excluding tert-OH is 1. The Kier molecular flexibility index (Phi) is 1.76. The average molecular weight is 140 g/mol. The molecular weight excluding hydrogens is 128 g/mol. The SMILES string of the molecule is C[SiH](C)C1=CCC=C1O. The van der Waals surface area contributed by atoms with Crippen molar-refractivity contribution in [3.05, 3.63) is 23.1 Å². The van der Waals surface area contributed by atoms with Crippen molar-refractivity contribution in [1.29, 1.82) is 0 Å². The van der Waals surface area contributed by atoms with Crippen molar-refractivity contribution >= 4 is 8.80 Å². The smallest absolute Gasteiger partial charge is 0.110 e. The van der Waals surface area contributed by atoms with E-state index in [0.29, 0.717) is 5.76 Å². The van der Waals surface area contributed by atoms with Gasteiger partial charge in [0.15, 0.2) is 0 Å². The van der Waals surface area contributed by atoms with Crippen LogP contribution in [0.5, 0.6) is 0 Å². The Morgan fingerprint density at radius 2 is 2.11 bits per heavy atom. The second-order valence-electron chi connectivity index (χ2n) is 2.64. The van der Waals surface area contributed by atoms with Crippen LogP contribution in [0.3, 0.4) is 0 Å². The first-order valence-corrected chi connectivity index (χ1v) is 6.20. The summed E-state index contributed by atoms with van der Waals surface area (Å²) >= 11 is 0. The van der Waals surface area contributed by atoms with E-state index in [4.69, 9.17) is 0 Å². The molecule has 50 valence electrons. The van der Waals surface area contributed by atoms with E-state index in [1.54, 1.807) is 0 Å². The van der Waals surface area contributed by atoms with Crippen LogP contribution >= 0.6 is 0 Å². The van der Waals surface area contributed by atoms with Gasteiger partial charge in [0.25, 0.3) is 0 Å². The van der Waals surface area contributed by atoms with Gasteiger partial charge in [-0.15, -0.1) is 0 Å². The third kappa shape index (κ3) is 1.24. The summed E-state index contributed by atoms with van der Waals surface area (Å²) in [5, 5.41) is 10.4. The Bertz CT molecular complexity index is 168. The Labute approximate surface area is 57.3 Å². The summed E-state index contributed by atoms with van der Waals surface area (Å²) in [6.45, 7) is 4.45. The van der Waals surface area contributed by atoms with E-state index in [1.807, 2.05) is 6.08 Å². The predicted octanol–water partition coefficient (Wildman–Crippen LogP) is 1.78. The molecule has 0 aromatic carbocycles. The molecule has 0 saturated carbocycles. The van der Waals surface area contributed by atoms with Crippen molar-refractivity contribution in [2.75, 3.05) is 0 Å². The van der Waals surface area contributed by atoms with Gasteiger partial charge in [-0.2, -0.15) is 0 Å². The van der Waals surface area contributed by atoms with Crippen LogP contribution in [0.2, 0.25) is 13.1 Å². The first kappa shape index (κ1) is 6.61. The molecule has 0 spiro atoms. The molecule has 0 amide bonds. The van der Waals surface area contributed by atoms with Crippen LogP contribution < -0.4 is 0 Å². The molecule has 2 heteroatoms. The summed E-state index contributed by atoms with van der Waals surface area (Å²) in [7, 11) is -0.738. The highest BCUT2D eigenvalue weighted by atomic mass is 28.3. The maximum absolute atomic E-state index is 9.19. The lowest BCUT2D eigenvalue weighted by molar-refractivity contribution is 0.430. The van der Waals surface area contributed by atoms with Crippen molar-refractivity contribution < 1.29 is 5.11 Å². The molecule has 0 atom stereocenters. The van der Waals surface area contributed by atoms with Gasteiger partial charge in [0, 0.05) is 0 Å². The molecule has 0 saturated heterocycles. The highest BCUT2D eigenvalue weighted by Gasteiger charge is 2.11. The molecule has 0 aromatic heterocycles. The van der Waals surface area contributed by atoms with Crippen molar-refractivity contribution in [3.63, 3.8) is 0 Å². The van der Waals surface area contributed by atoms with Gasteiger partial charge in [0.2, 0.25) is 0 Å². The topological polar surface area (TPSA) is 20.2 Å². The van der Waals surface area contributed by atoms with Crippen molar-refractivity contribution in [3.8, 4) is 0 Å². The van der Waals surface area contributed by atoms with E-state index in [1.165, 1.54) is 5.20 Å². The molecule has 1 rings (SSSR count). The molecular formula is C7H12OSi. The van der Waals surface area contributed by atoms with Gasteiger partial charge in [-0.3, -0.25) is 0 Å². The molecule has 0 heterocycles. The third-order valence-corrected chi connectivity index (χ3v) is 3.34. The number of hydrogen-bond donors (Lipinski definition) is 1. The van der Waals surface area contributed by atoms with Gasteiger partial charge in [0.1, 0.15) is 5.76 Å². The maximum Gasteiger partial charge on any atom is 0.110 e. The first-order chi connectivity index (χ1) is 4.22. The highest BCUT2D eigenvalue weighted by molar-refractivity contribution is 6.65. The second-order valence-corrected chi connectivity index (χ2v) is 5.57. The van der Waals surface area contributed by atoms with E-state index < -0.39 is 8.80 Å². The number of allylic oxidation sites excluding steroid dienone is 3. The molecule has 1 nitrogen and oxygen atoms in total. The fourth-order valence-electron chi connectivity index (χ4n) is 1.05. The van der Waals surface area contributed by atoms with Gasteiger partial charge in [-0.05, 0) is 17.7 Å². The van der Waals surface area contributed by atoms with Crippen LogP contribution in [-0.4, -0.2) is 13.9 Å². The molecule has 0 radical (unpaired) electrons. The Morgan fingerprint density at radius 1 is 1.44 bits per heavy atom. The minimum absolute atomic E-state index is 0.539. The Balaban J connectivity index is 2.72. The van der Waals surface area contributed by atoms with Crippen LogP contribution in [-0.2, 0) is 0 Å². The number of hydrogen-bond acceptors (Lipinski definition) is 1. The predicted molar refractivity (Wildman–Crippen MR) is 42.3 cm³/mol. The number of rotatable bonds is 1. The minimum Gasteiger partial charge on any atom is -0.508 e. The minimum atomic E-state index is -0.738. The summed E-state index contributed by atoms with van der Waals surface area (Å²) in [6, 6.07) is 0. The van der Waals surface area contributed by atoms with Crippen LogP contribution in [0, 0.1) is 0 Å². The summed E-state index contributed by atoms with van der Waals surface area (Å²) < 4.78 is 0. The van der Waals surface area contributed by atoms with E-state index in [2.05, 4.69) is 19.2 Å². The first-order valence-electron chi connectivity index (χ1n) is 3.31. The van der Waals surface area contributed by atoms with Gasteiger partial charge >= 0.3 is 0 Å². The van der Waals surface area contributed by atoms with Crippen LogP contribution in [0.1, 0.15) is 6.42 Å². The molecule has 9 heavy (non-hydrogen) atoms. The lowest BCUT2D eigenvalue weighted by atomic mass is 10.5. The quantitative estimate of drug-likeness (QED) is 0.550. The fourth-order valence-corrected chi connectivity index (χ4v) is 2.37. The molecule has 0 aromatic rings. The Hall–Kier alpha value is -0.503. The lowest BCUT2D eigenvalue weighted by Crippen LogP contribution is -2.05. The molecule has 1 N–H and O–H groups in total. The van der Waals surface area contributed by atoms with Gasteiger partial charge < -0.3 is 5.11 Å². The van der Waals surface area contributed by atoms with Gasteiger partial charge in [0.05, 0.1) is 8.80 Å². The normalized spacial score (nSPS) is 18.1. The van der Waals surface area contributed by atoms with Crippen LogP contribution in [0.4, 0.5) is 0 Å². The van der Waals surface area contributed by atoms with Crippen LogP contribution in [0.25, 0.3) is 0 Å². The van der Waals surface area contributed by atoms with E-state index in [9.17, 15) is 5.11 Å². The second kappa shape index (κ2) is 2.39. The molecule has 1 aliphatic rings. The Morgan fingerprint density at radius 3 is 2.33 bits per heavy atom. The van der Waals surface area contributed by atoms with Crippen molar-refractivity contribution in [2.45, 2.75) is 19.5 Å². The summed E-state index contributed by atoms with van der Waals surface area (Å²) in [5.74, 6) is 0.539. The summed E-state index contributed by atoms with van der Waals surface area (Å²) in [4.78, 5) is 0. The molecule has 1 aliphatic carbocycles. The third-order valence-electron chi connectivity index (χ3n) is 1.57. The van der Waals surface area contributed by atoms with Crippen LogP contribution in [0.15, 0.2) is 23.1 Å². The fraction of sp³-hybridized carbons (Fsp3) is 0.429. The standard InChI is InChI=1S/C7H12OSi/c1-9(2)7-5-3-4-6(7)8/h4-5,8-9H,3H2,1-2H3. The number of aliphatic hydroxyl groups is 1. The molecule has 0 fully saturated rings. The maximum atomic E-state index is 9.19. The zero-order valence-corrected chi connectivity index (χ0v) is 7.04. The summed E-state index contributed by atoms with van der Waals surface area (Å²) in [5.41, 5.74) is 0. The van der Waals surface area contributed by atoms with Crippen molar-refractivity contribution in [2.24, 2.45) is 0 Å². The zero-order chi connectivity index (χ0) is 6.85. The van der Waals surface area contributed by atoms with E-state index >= 15 is 0 Å². The largest absolute Gasteiger partial charge is 0.508 e. The monoisotopic (exact) mass is 140 g/mol. The highest BCUT2D eigenvalue weighted by Crippen LogP contribution is 2.18. The summed E-state index contributed by atoms with van der Waals surface area (Å²) in [6.07, 6.45) is 4.95. The van der Waals surface area contributed by atoms with E-state index in [0.717, 1.165) is 6.42 Å². The molecule has 0 bridgehead atoms. The van der Waals surface area contributed by atoms with Gasteiger partial charge in [-0.25, -0.2) is 0 Å².